The maximum atomic E-state index is 12.7. The average Bonchev–Trinajstić information content (AvgIpc) is 3.23. The number of aromatic nitrogens is 2. The third kappa shape index (κ3) is 5.38. The van der Waals surface area contributed by atoms with Gasteiger partial charge in [-0.2, -0.15) is 5.10 Å². The Morgan fingerprint density at radius 1 is 0.909 bits per heavy atom. The number of methoxy groups -OCH3 is 2. The van der Waals surface area contributed by atoms with Crippen LogP contribution in [0.1, 0.15) is 34.7 Å². The maximum absolute atomic E-state index is 12.7. The summed E-state index contributed by atoms with van der Waals surface area (Å²) in [5.74, 6) is -1.52. The van der Waals surface area contributed by atoms with Gasteiger partial charge < -0.3 is 18.9 Å². The van der Waals surface area contributed by atoms with Crippen LogP contribution in [-0.4, -0.2) is 54.6 Å². The molecule has 0 saturated carbocycles. The molecule has 0 radical (unpaired) electrons. The van der Waals surface area contributed by atoms with Gasteiger partial charge >= 0.3 is 17.9 Å². The van der Waals surface area contributed by atoms with E-state index in [1.54, 1.807) is 62.4 Å². The van der Waals surface area contributed by atoms with Crippen LogP contribution in [0.3, 0.4) is 0 Å². The van der Waals surface area contributed by atoms with Crippen LogP contribution in [0.2, 0.25) is 0 Å². The minimum absolute atomic E-state index is 0.0256. The second-order valence-electron chi connectivity index (χ2n) is 7.15. The lowest BCUT2D eigenvalue weighted by molar-refractivity contribution is -0.149. The summed E-state index contributed by atoms with van der Waals surface area (Å²) >= 11 is 0. The van der Waals surface area contributed by atoms with Crippen molar-refractivity contribution in [3.63, 3.8) is 0 Å². The number of carbonyl (C=O) groups excluding carboxylic acids is 3. The monoisotopic (exact) mass is 452 g/mol. The van der Waals surface area contributed by atoms with Crippen LogP contribution in [0, 0.1) is 0 Å². The van der Waals surface area contributed by atoms with E-state index in [0.29, 0.717) is 17.0 Å². The fourth-order valence-corrected chi connectivity index (χ4v) is 3.10. The minimum Gasteiger partial charge on any atom is -0.482 e. The van der Waals surface area contributed by atoms with Gasteiger partial charge in [0.05, 0.1) is 26.0 Å². The lowest BCUT2D eigenvalue weighted by Gasteiger charge is -2.09. The van der Waals surface area contributed by atoms with E-state index in [9.17, 15) is 14.4 Å². The number of hydrogen-bond donors (Lipinski definition) is 0. The number of rotatable bonds is 8. The number of esters is 3. The quantitative estimate of drug-likeness (QED) is 0.378. The Kier molecular flexibility index (Phi) is 7.45. The highest BCUT2D eigenvalue weighted by Gasteiger charge is 2.31. The topological polar surface area (TPSA) is 106 Å². The predicted octanol–water partition coefficient (Wildman–Crippen LogP) is 3.44. The van der Waals surface area contributed by atoms with Gasteiger partial charge in [-0.3, -0.25) is 0 Å². The molecule has 0 amide bonds. The molecule has 0 saturated heterocycles. The van der Waals surface area contributed by atoms with Crippen molar-refractivity contribution >= 4 is 17.9 Å². The van der Waals surface area contributed by atoms with Crippen molar-refractivity contribution in [2.45, 2.75) is 20.0 Å². The molecule has 0 fully saturated rings. The highest BCUT2D eigenvalue weighted by atomic mass is 16.6. The van der Waals surface area contributed by atoms with E-state index in [-0.39, 0.29) is 29.7 Å². The highest BCUT2D eigenvalue weighted by Crippen LogP contribution is 2.30. The van der Waals surface area contributed by atoms with Crippen molar-refractivity contribution in [3.05, 3.63) is 65.9 Å². The Morgan fingerprint density at radius 3 is 2.12 bits per heavy atom. The second kappa shape index (κ2) is 10.4. The van der Waals surface area contributed by atoms with Gasteiger partial charge in [-0.25, -0.2) is 19.1 Å². The van der Waals surface area contributed by atoms with Gasteiger partial charge in [0.1, 0.15) is 17.0 Å². The summed E-state index contributed by atoms with van der Waals surface area (Å²) in [6, 6.07) is 15.5. The van der Waals surface area contributed by atoms with E-state index in [2.05, 4.69) is 5.10 Å². The molecule has 9 heteroatoms. The number of ether oxygens (including phenoxy) is 4. The van der Waals surface area contributed by atoms with Crippen LogP contribution in [0.4, 0.5) is 0 Å². The number of benzene rings is 2. The molecule has 9 nitrogen and oxygen atoms in total. The molecule has 3 aromatic rings. The van der Waals surface area contributed by atoms with Gasteiger partial charge in [0.2, 0.25) is 0 Å². The molecule has 0 atom stereocenters. The Bertz CT molecular complexity index is 1140. The molecule has 3 rings (SSSR count). The maximum Gasteiger partial charge on any atom is 0.357 e. The first-order valence-electron chi connectivity index (χ1n) is 10.1. The van der Waals surface area contributed by atoms with Crippen LogP contribution in [0.5, 0.6) is 5.75 Å². The van der Waals surface area contributed by atoms with Gasteiger partial charge in [0.25, 0.3) is 0 Å². The summed E-state index contributed by atoms with van der Waals surface area (Å²) in [7, 11) is 2.45. The molecule has 0 unspecified atom stereocenters. The highest BCUT2D eigenvalue weighted by molar-refractivity contribution is 6.06. The summed E-state index contributed by atoms with van der Waals surface area (Å²) in [6.07, 6.45) is -0.232. The van der Waals surface area contributed by atoms with Crippen molar-refractivity contribution in [3.8, 4) is 22.7 Å². The summed E-state index contributed by atoms with van der Waals surface area (Å²) in [5, 5.41) is 4.53. The number of para-hydroxylation sites is 1. The molecular weight excluding hydrogens is 428 g/mol. The fourth-order valence-electron chi connectivity index (χ4n) is 3.10. The molecule has 1 heterocycles. The lowest BCUT2D eigenvalue weighted by atomic mass is 10.1. The number of nitrogens with zero attached hydrogens (tertiary/aromatic N) is 2. The predicted molar refractivity (Wildman–Crippen MR) is 118 cm³/mol. The van der Waals surface area contributed by atoms with Crippen molar-refractivity contribution in [2.24, 2.45) is 0 Å². The smallest absolute Gasteiger partial charge is 0.357 e. The molecule has 0 aliphatic heterocycles. The van der Waals surface area contributed by atoms with Crippen LogP contribution in [0.25, 0.3) is 16.9 Å². The van der Waals surface area contributed by atoms with Gasteiger partial charge in [0, 0.05) is 5.56 Å². The zero-order valence-electron chi connectivity index (χ0n) is 18.7. The Hall–Kier alpha value is -4.14. The third-order valence-corrected chi connectivity index (χ3v) is 4.51. The SMILES string of the molecule is COC(=O)c1c(-c2ccc(OCC(=O)OC(C)C)cc2)nn(-c2ccccc2)c1C(=O)OC. The van der Waals surface area contributed by atoms with E-state index in [4.69, 9.17) is 18.9 Å². The lowest BCUT2D eigenvalue weighted by Crippen LogP contribution is -2.18. The fraction of sp³-hybridized carbons (Fsp3) is 0.250. The first kappa shape index (κ1) is 23.5. The van der Waals surface area contributed by atoms with Gasteiger partial charge in [-0.15, -0.1) is 0 Å². The molecule has 33 heavy (non-hydrogen) atoms. The number of carbonyl (C=O) groups is 3. The van der Waals surface area contributed by atoms with Crippen LogP contribution in [-0.2, 0) is 19.0 Å². The molecule has 0 aliphatic carbocycles. The van der Waals surface area contributed by atoms with E-state index in [1.165, 1.54) is 18.9 Å². The van der Waals surface area contributed by atoms with Crippen LogP contribution >= 0.6 is 0 Å². The largest absolute Gasteiger partial charge is 0.482 e. The summed E-state index contributed by atoms with van der Waals surface area (Å²) < 4.78 is 21.7. The van der Waals surface area contributed by atoms with Gasteiger partial charge in [-0.1, -0.05) is 18.2 Å². The molecule has 0 spiro atoms. The summed E-state index contributed by atoms with van der Waals surface area (Å²) in [6.45, 7) is 3.27. The number of hydrogen-bond acceptors (Lipinski definition) is 8. The molecule has 172 valence electrons. The minimum atomic E-state index is -0.735. The zero-order valence-corrected chi connectivity index (χ0v) is 18.7. The molecule has 0 bridgehead atoms. The molecular formula is C24H24N2O7. The summed E-state index contributed by atoms with van der Waals surface area (Å²) in [4.78, 5) is 37.0. The Balaban J connectivity index is 2.02. The van der Waals surface area contributed by atoms with E-state index in [0.717, 1.165) is 0 Å². The van der Waals surface area contributed by atoms with Crippen molar-refractivity contribution in [1.82, 2.24) is 9.78 Å². The van der Waals surface area contributed by atoms with Crippen LogP contribution < -0.4 is 4.74 Å². The average molecular weight is 452 g/mol. The molecule has 0 aliphatic rings. The third-order valence-electron chi connectivity index (χ3n) is 4.51. The van der Waals surface area contributed by atoms with Crippen LogP contribution in [0.15, 0.2) is 54.6 Å². The standard InChI is InChI=1S/C24H24N2O7/c1-15(2)33-19(27)14-32-18-12-10-16(11-13-18)21-20(23(28)30-3)22(24(29)31-4)26(25-21)17-8-6-5-7-9-17/h5-13,15H,14H2,1-4H3. The van der Waals surface area contributed by atoms with E-state index >= 15 is 0 Å². The molecule has 1 aromatic heterocycles. The molecule has 2 aromatic carbocycles. The normalized spacial score (nSPS) is 10.6. The molecule has 0 N–H and O–H groups in total. The van der Waals surface area contributed by atoms with E-state index < -0.39 is 17.9 Å². The van der Waals surface area contributed by atoms with Gasteiger partial charge in [-0.05, 0) is 50.2 Å². The Morgan fingerprint density at radius 2 is 1.55 bits per heavy atom. The van der Waals surface area contributed by atoms with Crippen molar-refractivity contribution in [1.29, 1.82) is 0 Å². The van der Waals surface area contributed by atoms with Gasteiger partial charge in [0.15, 0.2) is 12.3 Å². The first-order valence-corrected chi connectivity index (χ1v) is 10.1. The zero-order chi connectivity index (χ0) is 24.0. The first-order chi connectivity index (χ1) is 15.8. The van der Waals surface area contributed by atoms with Crippen molar-refractivity contribution in [2.75, 3.05) is 20.8 Å². The van der Waals surface area contributed by atoms with E-state index in [1.807, 2.05) is 6.07 Å². The summed E-state index contributed by atoms with van der Waals surface area (Å²) in [5.41, 5.74) is 1.26. The van der Waals surface area contributed by atoms with Crippen molar-refractivity contribution < 1.29 is 33.3 Å². The second-order valence-corrected chi connectivity index (χ2v) is 7.15. The Labute approximate surface area is 190 Å².